The van der Waals surface area contributed by atoms with Crippen molar-refractivity contribution in [3.8, 4) is 0 Å². The standard InChI is InChI=1S/BH2O2.BHO/c2-1-3;1-2/h2-3H;2H. The van der Waals surface area contributed by atoms with Crippen molar-refractivity contribution in [3.63, 3.8) is 0 Å². The molecule has 0 aromatic heterocycles. The van der Waals surface area contributed by atoms with Gasteiger partial charge in [-0.15, -0.1) is 0 Å². The lowest BCUT2D eigenvalue weighted by atomic mass is 10.5. The van der Waals surface area contributed by atoms with Crippen LogP contribution in [0.25, 0.3) is 0 Å². The van der Waals surface area contributed by atoms with E-state index in [4.69, 9.17) is 15.1 Å². The van der Waals surface area contributed by atoms with E-state index in [9.17, 15) is 0 Å². The maximum Gasteiger partial charge on any atom is 0.482 e. The molecule has 5 heteroatoms. The summed E-state index contributed by atoms with van der Waals surface area (Å²) >= 11 is 0. The predicted octanol–water partition coefficient (Wildman–Crippen LogP) is -2.43. The van der Waals surface area contributed by atoms with Gasteiger partial charge in [-0.25, -0.2) is 0 Å². The van der Waals surface area contributed by atoms with Gasteiger partial charge in [-0.05, 0) is 0 Å². The summed E-state index contributed by atoms with van der Waals surface area (Å²) in [5.41, 5.74) is 0. The highest BCUT2D eigenvalue weighted by Gasteiger charge is 1.51. The molecule has 5 heavy (non-hydrogen) atoms. The van der Waals surface area contributed by atoms with Gasteiger partial charge in [0.25, 0.3) is 8.05 Å². The molecule has 0 bridgehead atoms. The third kappa shape index (κ3) is 166000. The first-order valence-electron chi connectivity index (χ1n) is 0.775. The molecule has 3 N–H and O–H groups in total. The van der Waals surface area contributed by atoms with Gasteiger partial charge >= 0.3 is 7.69 Å². The minimum Gasteiger partial charge on any atom is -0.461 e. The average Bonchev–Trinajstić information content (AvgIpc) is 1.46. The third-order valence-electron chi connectivity index (χ3n) is 0. The van der Waals surface area contributed by atoms with E-state index in [0.717, 1.165) is 0 Å². The Hall–Kier alpha value is 0.00987. The van der Waals surface area contributed by atoms with Crippen molar-refractivity contribution in [2.75, 3.05) is 0 Å². The average molecular weight is 72.6 g/mol. The normalized spacial score (nSPS) is 3.80. The van der Waals surface area contributed by atoms with E-state index in [2.05, 4.69) is 8.05 Å². The minimum atomic E-state index is 0. The second kappa shape index (κ2) is 35.6. The second-order valence-electron chi connectivity index (χ2n) is 0.115. The minimum absolute atomic E-state index is 0. The summed E-state index contributed by atoms with van der Waals surface area (Å²) in [6.07, 6.45) is 0. The molecule has 0 rings (SSSR count). The fraction of sp³-hybridized carbons (Fsp3) is 0. The largest absolute Gasteiger partial charge is 0.482 e. The highest BCUT2D eigenvalue weighted by Crippen LogP contribution is 1.08. The molecule has 27 valence electrons. The maximum atomic E-state index is 7.00. The summed E-state index contributed by atoms with van der Waals surface area (Å²) in [4.78, 5) is 0. The number of hydrogen-bond acceptors (Lipinski definition) is 3. The summed E-state index contributed by atoms with van der Waals surface area (Å²) in [6.45, 7) is 0. The van der Waals surface area contributed by atoms with Crippen LogP contribution in [0.3, 0.4) is 0 Å². The summed E-state index contributed by atoms with van der Waals surface area (Å²) in [5, 5.41) is 20.5. The Balaban J connectivity index is 0. The van der Waals surface area contributed by atoms with Crippen LogP contribution >= 0.6 is 0 Å². The van der Waals surface area contributed by atoms with Gasteiger partial charge in [-0.2, -0.15) is 0 Å². The zero-order valence-corrected chi connectivity index (χ0v) is 2.50. The smallest absolute Gasteiger partial charge is 0.461 e. The van der Waals surface area contributed by atoms with E-state index in [1.54, 1.807) is 0 Å². The van der Waals surface area contributed by atoms with Crippen LogP contribution in [0.4, 0.5) is 0 Å². The van der Waals surface area contributed by atoms with Gasteiger partial charge in [0.2, 0.25) is 0 Å². The molecule has 0 saturated carbocycles. The Kier molecular flexibility index (Phi) is 63.3. The van der Waals surface area contributed by atoms with E-state index in [1.807, 2.05) is 0 Å². The Morgan fingerprint density at radius 3 is 1.20 bits per heavy atom. The molecule has 0 amide bonds. The fourth-order valence-corrected chi connectivity index (χ4v) is 0. The lowest BCUT2D eigenvalue weighted by molar-refractivity contribution is 0.448. The molecule has 0 saturated heterocycles. The van der Waals surface area contributed by atoms with Gasteiger partial charge in [0.05, 0.1) is 0 Å². The number of hydrogen-bond donors (Lipinski definition) is 3. The topological polar surface area (TPSA) is 60.7 Å². The maximum absolute atomic E-state index is 7.00. The van der Waals surface area contributed by atoms with Crippen LogP contribution in [0, 0.1) is 0 Å². The van der Waals surface area contributed by atoms with Gasteiger partial charge in [-0.3, -0.25) is 0 Å². The zero-order chi connectivity index (χ0) is 4.71. The Labute approximate surface area is 32.0 Å². The Morgan fingerprint density at radius 2 is 1.20 bits per heavy atom. The van der Waals surface area contributed by atoms with E-state index >= 15 is 0 Å². The molecule has 0 atom stereocenters. The van der Waals surface area contributed by atoms with Crippen molar-refractivity contribution in [2.24, 2.45) is 0 Å². The quantitative estimate of drug-likeness (QED) is 0.279. The van der Waals surface area contributed by atoms with Crippen molar-refractivity contribution in [1.29, 1.82) is 0 Å². The van der Waals surface area contributed by atoms with Crippen molar-refractivity contribution < 1.29 is 15.1 Å². The third-order valence-corrected chi connectivity index (χ3v) is 0. The molecule has 0 heterocycles. The van der Waals surface area contributed by atoms with Crippen molar-refractivity contribution in [2.45, 2.75) is 0 Å². The molecule has 0 unspecified atom stereocenters. The van der Waals surface area contributed by atoms with Crippen molar-refractivity contribution >= 4 is 15.7 Å². The molecular weight excluding hydrogens is 69.6 g/mol. The Morgan fingerprint density at radius 1 is 1.20 bits per heavy atom. The summed E-state index contributed by atoms with van der Waals surface area (Å²) in [6, 6.07) is 0. The highest BCUT2D eigenvalue weighted by atomic mass is 16.4. The first-order chi connectivity index (χ1) is 2.41. The number of rotatable bonds is 0. The molecule has 0 spiro atoms. The predicted molar refractivity (Wildman–Crippen MR) is 18.2 cm³/mol. The van der Waals surface area contributed by atoms with Crippen LogP contribution in [0.2, 0.25) is 0 Å². The fourth-order valence-electron chi connectivity index (χ4n) is 0. The summed E-state index contributed by atoms with van der Waals surface area (Å²) in [5.74, 6) is 0. The van der Waals surface area contributed by atoms with Crippen LogP contribution in [0.1, 0.15) is 0 Å². The van der Waals surface area contributed by atoms with Crippen molar-refractivity contribution in [3.05, 3.63) is 0 Å². The van der Waals surface area contributed by atoms with Crippen LogP contribution in [0.15, 0.2) is 0 Å². The van der Waals surface area contributed by atoms with E-state index in [-0.39, 0.29) is 7.69 Å². The highest BCUT2D eigenvalue weighted by molar-refractivity contribution is 6.13. The first kappa shape index (κ1) is 8.89. The second-order valence-corrected chi connectivity index (χ2v) is 0.115. The summed E-state index contributed by atoms with van der Waals surface area (Å²) in [7, 11) is 3.50. The van der Waals surface area contributed by atoms with Gasteiger partial charge < -0.3 is 15.1 Å². The SMILES string of the molecule is O[B]O.[B]O. The van der Waals surface area contributed by atoms with Crippen LogP contribution < -0.4 is 0 Å². The lowest BCUT2D eigenvalue weighted by Gasteiger charge is -1.46. The molecule has 0 aromatic carbocycles. The van der Waals surface area contributed by atoms with Crippen LogP contribution in [0.5, 0.6) is 0 Å². The molecule has 0 aliphatic heterocycles. The molecule has 0 aliphatic rings. The zero-order valence-electron chi connectivity index (χ0n) is 2.50. The van der Waals surface area contributed by atoms with E-state index < -0.39 is 0 Å². The van der Waals surface area contributed by atoms with Gasteiger partial charge in [0.1, 0.15) is 0 Å². The van der Waals surface area contributed by atoms with Gasteiger partial charge in [0, 0.05) is 0 Å². The van der Waals surface area contributed by atoms with E-state index in [1.165, 1.54) is 0 Å². The van der Waals surface area contributed by atoms with E-state index in [0.29, 0.717) is 0 Å². The monoisotopic (exact) mass is 73.0 g/mol. The van der Waals surface area contributed by atoms with Gasteiger partial charge in [-0.1, -0.05) is 0 Å². The molecule has 0 aliphatic carbocycles. The molecule has 0 aromatic rings. The molecule has 3 radical (unpaired) electrons. The molecular formula is H3B2O3. The lowest BCUT2D eigenvalue weighted by Crippen LogP contribution is -1.75. The van der Waals surface area contributed by atoms with Gasteiger partial charge in [0.15, 0.2) is 0 Å². The van der Waals surface area contributed by atoms with Crippen LogP contribution in [-0.2, 0) is 0 Å². The molecule has 3 nitrogen and oxygen atoms in total. The first-order valence-corrected chi connectivity index (χ1v) is 0.775. The Bertz CT molecular complexity index is 4.85. The summed E-state index contributed by atoms with van der Waals surface area (Å²) < 4.78 is 0. The van der Waals surface area contributed by atoms with Crippen LogP contribution in [-0.4, -0.2) is 30.8 Å². The molecule has 0 fully saturated rings. The van der Waals surface area contributed by atoms with Crippen molar-refractivity contribution in [1.82, 2.24) is 0 Å².